The van der Waals surface area contributed by atoms with Crippen LogP contribution in [0.25, 0.3) is 0 Å². The molecule has 16 heavy (non-hydrogen) atoms. The molecule has 1 aromatic rings. The minimum atomic E-state index is 0.451. The molecule has 0 spiro atoms. The lowest BCUT2D eigenvalue weighted by Crippen LogP contribution is -2.25. The van der Waals surface area contributed by atoms with Gasteiger partial charge in [0.25, 0.3) is 0 Å². The van der Waals surface area contributed by atoms with E-state index >= 15 is 0 Å². The number of nitrogens with two attached hydrogens (primary N) is 1. The van der Waals surface area contributed by atoms with Gasteiger partial charge in [0.1, 0.15) is 0 Å². The molecule has 0 aromatic heterocycles. The van der Waals surface area contributed by atoms with Gasteiger partial charge >= 0.3 is 0 Å². The van der Waals surface area contributed by atoms with Gasteiger partial charge in [0.2, 0.25) is 0 Å². The molecule has 0 heterocycles. The van der Waals surface area contributed by atoms with Crippen molar-refractivity contribution in [1.82, 2.24) is 0 Å². The fraction of sp³-hybridized carbons (Fsp3) is 0.538. The van der Waals surface area contributed by atoms with Gasteiger partial charge in [0.15, 0.2) is 0 Å². The molecule has 0 saturated heterocycles. The summed E-state index contributed by atoms with van der Waals surface area (Å²) in [5.41, 5.74) is 7.77. The Morgan fingerprint density at radius 3 is 2.50 bits per heavy atom. The molecule has 3 N–H and O–H groups in total. The van der Waals surface area contributed by atoms with Gasteiger partial charge < -0.3 is 11.1 Å². The highest BCUT2D eigenvalue weighted by Gasteiger charge is 2.14. The number of rotatable bonds is 5. The Bertz CT molecular complexity index is 335. The topological polar surface area (TPSA) is 38.0 Å². The molecule has 0 fully saturated rings. The molecule has 1 atom stereocenters. The lowest BCUT2D eigenvalue weighted by Gasteiger charge is -2.24. The second-order valence-corrected chi connectivity index (χ2v) is 5.16. The third-order valence-corrected chi connectivity index (χ3v) is 3.65. The molecule has 1 aromatic carbocycles. The van der Waals surface area contributed by atoms with E-state index in [0.717, 1.165) is 15.8 Å². The van der Waals surface area contributed by atoms with Crippen LogP contribution in [0.5, 0.6) is 0 Å². The summed E-state index contributed by atoms with van der Waals surface area (Å²) in [5, 5.41) is 3.50. The highest BCUT2D eigenvalue weighted by Crippen LogP contribution is 2.26. The maximum absolute atomic E-state index is 5.94. The molecule has 0 bridgehead atoms. The number of halogens is 1. The standard InChI is InChI=1S/C13H21BrN2/c1-4-10(5-2)9(3)16-13-8-11(14)6-7-12(13)15/h6-10,16H,4-5,15H2,1-3H3. The summed E-state index contributed by atoms with van der Waals surface area (Å²) in [4.78, 5) is 0. The molecule has 0 amide bonds. The first-order chi connectivity index (χ1) is 7.58. The maximum atomic E-state index is 5.94. The van der Waals surface area contributed by atoms with Gasteiger partial charge in [-0.05, 0) is 31.0 Å². The summed E-state index contributed by atoms with van der Waals surface area (Å²) < 4.78 is 1.06. The van der Waals surface area contributed by atoms with Crippen molar-refractivity contribution in [3.05, 3.63) is 22.7 Å². The SMILES string of the molecule is CCC(CC)C(C)Nc1cc(Br)ccc1N. The van der Waals surface area contributed by atoms with Crippen LogP contribution in [0, 0.1) is 5.92 Å². The summed E-state index contributed by atoms with van der Waals surface area (Å²) in [5.74, 6) is 0.693. The molecule has 0 aliphatic heterocycles. The number of hydrogen-bond donors (Lipinski definition) is 2. The van der Waals surface area contributed by atoms with Crippen LogP contribution in [0.1, 0.15) is 33.6 Å². The van der Waals surface area contributed by atoms with E-state index in [2.05, 4.69) is 42.0 Å². The van der Waals surface area contributed by atoms with Gasteiger partial charge in [-0.25, -0.2) is 0 Å². The molecular weight excluding hydrogens is 264 g/mol. The molecule has 0 saturated carbocycles. The van der Waals surface area contributed by atoms with Crippen LogP contribution in [-0.2, 0) is 0 Å². The number of nitrogen functional groups attached to an aromatic ring is 1. The lowest BCUT2D eigenvalue weighted by molar-refractivity contribution is 0.438. The number of nitrogens with one attached hydrogen (secondary N) is 1. The smallest absolute Gasteiger partial charge is 0.0587 e. The van der Waals surface area contributed by atoms with E-state index in [4.69, 9.17) is 5.73 Å². The minimum Gasteiger partial charge on any atom is -0.397 e. The van der Waals surface area contributed by atoms with E-state index in [0.29, 0.717) is 12.0 Å². The van der Waals surface area contributed by atoms with Crippen molar-refractivity contribution >= 4 is 27.3 Å². The van der Waals surface area contributed by atoms with E-state index in [1.807, 2.05) is 18.2 Å². The number of hydrogen-bond acceptors (Lipinski definition) is 2. The van der Waals surface area contributed by atoms with Crippen molar-refractivity contribution in [2.45, 2.75) is 39.7 Å². The quantitative estimate of drug-likeness (QED) is 0.793. The molecule has 3 heteroatoms. The maximum Gasteiger partial charge on any atom is 0.0587 e. The predicted octanol–water partition coefficient (Wildman–Crippen LogP) is 4.27. The minimum absolute atomic E-state index is 0.451. The van der Waals surface area contributed by atoms with Crippen molar-refractivity contribution < 1.29 is 0 Å². The highest BCUT2D eigenvalue weighted by atomic mass is 79.9. The fourth-order valence-electron chi connectivity index (χ4n) is 2.01. The van der Waals surface area contributed by atoms with Crippen molar-refractivity contribution in [1.29, 1.82) is 0 Å². The third-order valence-electron chi connectivity index (χ3n) is 3.15. The first-order valence-corrected chi connectivity index (χ1v) is 6.69. The van der Waals surface area contributed by atoms with E-state index < -0.39 is 0 Å². The van der Waals surface area contributed by atoms with Gasteiger partial charge in [-0.15, -0.1) is 0 Å². The molecule has 1 rings (SSSR count). The highest BCUT2D eigenvalue weighted by molar-refractivity contribution is 9.10. The van der Waals surface area contributed by atoms with Crippen molar-refractivity contribution in [3.8, 4) is 0 Å². The second kappa shape index (κ2) is 6.14. The first kappa shape index (κ1) is 13.4. The Morgan fingerprint density at radius 1 is 1.31 bits per heavy atom. The van der Waals surface area contributed by atoms with Crippen LogP contribution in [0.4, 0.5) is 11.4 Å². The van der Waals surface area contributed by atoms with Crippen molar-refractivity contribution in [2.75, 3.05) is 11.1 Å². The van der Waals surface area contributed by atoms with E-state index in [-0.39, 0.29) is 0 Å². The number of benzene rings is 1. The lowest BCUT2D eigenvalue weighted by atomic mass is 9.95. The molecule has 90 valence electrons. The Balaban J connectivity index is 2.75. The Hall–Kier alpha value is -0.700. The molecule has 0 radical (unpaired) electrons. The Labute approximate surface area is 107 Å². The van der Waals surface area contributed by atoms with Crippen LogP contribution in [0.2, 0.25) is 0 Å². The van der Waals surface area contributed by atoms with Gasteiger partial charge in [-0.3, -0.25) is 0 Å². The summed E-state index contributed by atoms with van der Waals surface area (Å²) in [6, 6.07) is 6.37. The van der Waals surface area contributed by atoms with Crippen LogP contribution >= 0.6 is 15.9 Å². The van der Waals surface area contributed by atoms with Crippen molar-refractivity contribution in [3.63, 3.8) is 0 Å². The van der Waals surface area contributed by atoms with Gasteiger partial charge in [-0.2, -0.15) is 0 Å². The average Bonchev–Trinajstić information content (AvgIpc) is 2.25. The summed E-state index contributed by atoms with van der Waals surface area (Å²) in [6.07, 6.45) is 2.39. The third kappa shape index (κ3) is 3.41. The van der Waals surface area contributed by atoms with E-state index in [1.54, 1.807) is 0 Å². The normalized spacial score (nSPS) is 12.8. The fourth-order valence-corrected chi connectivity index (χ4v) is 2.37. The van der Waals surface area contributed by atoms with Crippen LogP contribution in [-0.4, -0.2) is 6.04 Å². The largest absolute Gasteiger partial charge is 0.397 e. The molecule has 1 unspecified atom stereocenters. The first-order valence-electron chi connectivity index (χ1n) is 5.90. The molecular formula is C13H21BrN2. The Kier molecular flexibility index (Phi) is 5.13. The van der Waals surface area contributed by atoms with Gasteiger partial charge in [0, 0.05) is 10.5 Å². The summed E-state index contributed by atoms with van der Waals surface area (Å²) in [6.45, 7) is 6.69. The average molecular weight is 285 g/mol. The zero-order valence-corrected chi connectivity index (χ0v) is 11.8. The predicted molar refractivity (Wildman–Crippen MR) is 75.7 cm³/mol. The number of anilines is 2. The summed E-state index contributed by atoms with van der Waals surface area (Å²) >= 11 is 3.46. The van der Waals surface area contributed by atoms with E-state index in [9.17, 15) is 0 Å². The molecule has 0 aliphatic rings. The zero-order valence-electron chi connectivity index (χ0n) is 10.3. The zero-order chi connectivity index (χ0) is 12.1. The Morgan fingerprint density at radius 2 is 1.94 bits per heavy atom. The monoisotopic (exact) mass is 284 g/mol. The molecule has 2 nitrogen and oxygen atoms in total. The van der Waals surface area contributed by atoms with Crippen LogP contribution in [0.3, 0.4) is 0 Å². The molecule has 0 aliphatic carbocycles. The van der Waals surface area contributed by atoms with Gasteiger partial charge in [-0.1, -0.05) is 42.6 Å². The van der Waals surface area contributed by atoms with Crippen LogP contribution in [0.15, 0.2) is 22.7 Å². The summed E-state index contributed by atoms with van der Waals surface area (Å²) in [7, 11) is 0. The van der Waals surface area contributed by atoms with Gasteiger partial charge in [0.05, 0.1) is 11.4 Å². The van der Waals surface area contributed by atoms with E-state index in [1.165, 1.54) is 12.8 Å². The second-order valence-electron chi connectivity index (χ2n) is 4.24. The van der Waals surface area contributed by atoms with Crippen LogP contribution < -0.4 is 11.1 Å². The van der Waals surface area contributed by atoms with Crippen molar-refractivity contribution in [2.24, 2.45) is 5.92 Å².